The number of aromatic nitrogens is 4. The van der Waals surface area contributed by atoms with E-state index >= 15 is 0 Å². The fourth-order valence-corrected chi connectivity index (χ4v) is 2.12. The molecule has 3 rings (SSSR count). The van der Waals surface area contributed by atoms with Crippen LogP contribution in [0.2, 0.25) is 0 Å². The molecule has 6 heteroatoms. The molecule has 20 heavy (non-hydrogen) atoms. The number of imidazole rings is 1. The van der Waals surface area contributed by atoms with Gasteiger partial charge in [0.25, 0.3) is 0 Å². The smallest absolute Gasteiger partial charge is 0.183 e. The van der Waals surface area contributed by atoms with E-state index in [1.165, 1.54) is 12.1 Å². The number of benzene rings is 1. The highest BCUT2D eigenvalue weighted by molar-refractivity contribution is 5.89. The van der Waals surface area contributed by atoms with Crippen LogP contribution in [0, 0.1) is 5.82 Å². The van der Waals surface area contributed by atoms with Gasteiger partial charge in [0.05, 0.1) is 12.5 Å². The van der Waals surface area contributed by atoms with Crippen LogP contribution in [-0.4, -0.2) is 24.9 Å². The molecule has 0 bridgehead atoms. The van der Waals surface area contributed by atoms with Crippen molar-refractivity contribution in [2.45, 2.75) is 19.9 Å². The Kier molecular flexibility index (Phi) is 2.85. The first kappa shape index (κ1) is 12.5. The lowest BCUT2D eigenvalue weighted by atomic mass is 10.1. The van der Waals surface area contributed by atoms with Gasteiger partial charge in [-0.1, -0.05) is 6.07 Å². The molecule has 0 atom stereocenters. The monoisotopic (exact) mass is 272 g/mol. The largest absolute Gasteiger partial charge is 0.505 e. The standard InChI is InChI=1S/C14H13FN4O/c1-8(2)19-7-16-13-10(6-17-18-14(13)19)9-3-4-11(15)12(20)5-9/h3-8,20H,1-2H3. The van der Waals surface area contributed by atoms with Gasteiger partial charge in [0, 0.05) is 11.6 Å². The lowest BCUT2D eigenvalue weighted by molar-refractivity contribution is 0.433. The van der Waals surface area contributed by atoms with Gasteiger partial charge in [-0.15, -0.1) is 5.10 Å². The Morgan fingerprint density at radius 2 is 2.10 bits per heavy atom. The molecule has 0 radical (unpaired) electrons. The molecule has 0 saturated heterocycles. The number of fused-ring (bicyclic) bond motifs is 1. The number of phenolic OH excluding ortho intramolecular Hbond substituents is 1. The molecule has 0 unspecified atom stereocenters. The van der Waals surface area contributed by atoms with Crippen molar-refractivity contribution in [2.24, 2.45) is 0 Å². The van der Waals surface area contributed by atoms with Crippen molar-refractivity contribution in [3.8, 4) is 16.9 Å². The molecule has 2 aromatic heterocycles. The normalized spacial score (nSPS) is 11.4. The topological polar surface area (TPSA) is 63.8 Å². The highest BCUT2D eigenvalue weighted by atomic mass is 19.1. The molecule has 0 aliphatic heterocycles. The van der Waals surface area contributed by atoms with Crippen LogP contribution in [0.5, 0.6) is 5.75 Å². The number of aromatic hydroxyl groups is 1. The number of rotatable bonds is 2. The van der Waals surface area contributed by atoms with Crippen molar-refractivity contribution in [2.75, 3.05) is 0 Å². The molecule has 0 amide bonds. The Hall–Kier alpha value is -2.50. The van der Waals surface area contributed by atoms with E-state index in [-0.39, 0.29) is 6.04 Å². The van der Waals surface area contributed by atoms with Crippen LogP contribution in [0.15, 0.2) is 30.7 Å². The van der Waals surface area contributed by atoms with Crippen LogP contribution in [0.4, 0.5) is 4.39 Å². The molecule has 5 nitrogen and oxygen atoms in total. The number of halogens is 1. The van der Waals surface area contributed by atoms with Crippen molar-refractivity contribution < 1.29 is 9.50 Å². The van der Waals surface area contributed by atoms with Gasteiger partial charge in [-0.25, -0.2) is 9.37 Å². The van der Waals surface area contributed by atoms with Gasteiger partial charge in [0.15, 0.2) is 17.2 Å². The molecular weight excluding hydrogens is 259 g/mol. The predicted molar refractivity (Wildman–Crippen MR) is 72.8 cm³/mol. The van der Waals surface area contributed by atoms with Gasteiger partial charge >= 0.3 is 0 Å². The third-order valence-electron chi connectivity index (χ3n) is 3.18. The summed E-state index contributed by atoms with van der Waals surface area (Å²) in [7, 11) is 0. The molecule has 0 spiro atoms. The minimum Gasteiger partial charge on any atom is -0.505 e. The molecule has 1 N–H and O–H groups in total. The van der Waals surface area contributed by atoms with E-state index in [2.05, 4.69) is 15.2 Å². The Morgan fingerprint density at radius 3 is 2.80 bits per heavy atom. The van der Waals surface area contributed by atoms with Gasteiger partial charge in [0.2, 0.25) is 0 Å². The maximum Gasteiger partial charge on any atom is 0.183 e. The van der Waals surface area contributed by atoms with E-state index < -0.39 is 11.6 Å². The average Bonchev–Trinajstić information content (AvgIpc) is 2.86. The molecular formula is C14H13FN4O. The predicted octanol–water partition coefficient (Wildman–Crippen LogP) is 2.92. The van der Waals surface area contributed by atoms with Crippen LogP contribution in [0.1, 0.15) is 19.9 Å². The second-order valence-electron chi connectivity index (χ2n) is 4.84. The highest BCUT2D eigenvalue weighted by Crippen LogP contribution is 2.29. The summed E-state index contributed by atoms with van der Waals surface area (Å²) >= 11 is 0. The second kappa shape index (κ2) is 4.56. The third-order valence-corrected chi connectivity index (χ3v) is 3.18. The number of phenols is 1. The number of nitrogens with zero attached hydrogens (tertiary/aromatic N) is 4. The van der Waals surface area contributed by atoms with Gasteiger partial charge < -0.3 is 9.67 Å². The van der Waals surface area contributed by atoms with Crippen LogP contribution in [-0.2, 0) is 0 Å². The van der Waals surface area contributed by atoms with Gasteiger partial charge in [-0.2, -0.15) is 5.10 Å². The molecule has 0 fully saturated rings. The summed E-state index contributed by atoms with van der Waals surface area (Å²) in [5.41, 5.74) is 2.71. The van der Waals surface area contributed by atoms with E-state index in [0.29, 0.717) is 22.3 Å². The quantitative estimate of drug-likeness (QED) is 0.779. The lowest BCUT2D eigenvalue weighted by Crippen LogP contribution is -2.00. The van der Waals surface area contributed by atoms with Crippen LogP contribution < -0.4 is 0 Å². The first-order chi connectivity index (χ1) is 9.58. The number of hydrogen-bond acceptors (Lipinski definition) is 4. The van der Waals surface area contributed by atoms with Crippen molar-refractivity contribution in [3.05, 3.63) is 36.5 Å². The zero-order chi connectivity index (χ0) is 14.3. The summed E-state index contributed by atoms with van der Waals surface area (Å²) in [5.74, 6) is -1.05. The van der Waals surface area contributed by atoms with Crippen molar-refractivity contribution in [1.29, 1.82) is 0 Å². The van der Waals surface area contributed by atoms with Crippen LogP contribution in [0.25, 0.3) is 22.3 Å². The Balaban J connectivity index is 2.23. The Bertz CT molecular complexity index is 782. The average molecular weight is 272 g/mol. The zero-order valence-electron chi connectivity index (χ0n) is 11.1. The molecule has 0 aliphatic carbocycles. The minimum absolute atomic E-state index is 0.214. The van der Waals surface area contributed by atoms with Crippen molar-refractivity contribution in [3.63, 3.8) is 0 Å². The van der Waals surface area contributed by atoms with Crippen LogP contribution >= 0.6 is 0 Å². The summed E-state index contributed by atoms with van der Waals surface area (Å²) in [4.78, 5) is 4.35. The summed E-state index contributed by atoms with van der Waals surface area (Å²) in [5, 5.41) is 17.6. The fourth-order valence-electron chi connectivity index (χ4n) is 2.12. The first-order valence-electron chi connectivity index (χ1n) is 6.25. The van der Waals surface area contributed by atoms with Crippen molar-refractivity contribution in [1.82, 2.24) is 19.7 Å². The van der Waals surface area contributed by atoms with E-state index in [1.807, 2.05) is 18.4 Å². The third kappa shape index (κ3) is 1.89. The molecule has 1 aromatic carbocycles. The zero-order valence-corrected chi connectivity index (χ0v) is 11.1. The van der Waals surface area contributed by atoms with Crippen molar-refractivity contribution >= 4 is 11.2 Å². The maximum absolute atomic E-state index is 13.1. The van der Waals surface area contributed by atoms with E-state index in [0.717, 1.165) is 0 Å². The molecule has 0 aliphatic rings. The molecule has 3 aromatic rings. The molecule has 2 heterocycles. The summed E-state index contributed by atoms with van der Waals surface area (Å²) < 4.78 is 15.1. The number of hydrogen-bond donors (Lipinski definition) is 1. The second-order valence-corrected chi connectivity index (χ2v) is 4.84. The van der Waals surface area contributed by atoms with Crippen LogP contribution in [0.3, 0.4) is 0 Å². The van der Waals surface area contributed by atoms with Gasteiger partial charge in [-0.3, -0.25) is 0 Å². The maximum atomic E-state index is 13.1. The first-order valence-corrected chi connectivity index (χ1v) is 6.25. The summed E-state index contributed by atoms with van der Waals surface area (Å²) in [6.45, 7) is 4.05. The SMILES string of the molecule is CC(C)n1cnc2c(-c3ccc(F)c(O)c3)cnnc21. The Morgan fingerprint density at radius 1 is 1.30 bits per heavy atom. The van der Waals surface area contributed by atoms with E-state index in [4.69, 9.17) is 0 Å². The minimum atomic E-state index is -0.653. The fraction of sp³-hybridized carbons (Fsp3) is 0.214. The lowest BCUT2D eigenvalue weighted by Gasteiger charge is -2.07. The Labute approximate surface area is 114 Å². The molecule has 0 saturated carbocycles. The van der Waals surface area contributed by atoms with E-state index in [9.17, 15) is 9.50 Å². The summed E-state index contributed by atoms with van der Waals surface area (Å²) in [6.07, 6.45) is 3.27. The van der Waals surface area contributed by atoms with Gasteiger partial charge in [0.1, 0.15) is 5.52 Å². The highest BCUT2D eigenvalue weighted by Gasteiger charge is 2.13. The van der Waals surface area contributed by atoms with Gasteiger partial charge in [-0.05, 0) is 31.5 Å². The molecule has 102 valence electrons. The summed E-state index contributed by atoms with van der Waals surface area (Å²) in [6, 6.07) is 4.38. The van der Waals surface area contributed by atoms with E-state index in [1.54, 1.807) is 18.6 Å².